The Hall–Kier alpha value is -3.33. The van der Waals surface area contributed by atoms with Gasteiger partial charge in [-0.05, 0) is 36.4 Å². The van der Waals surface area contributed by atoms with Crippen molar-refractivity contribution in [2.24, 2.45) is 5.73 Å². The first-order valence-electron chi connectivity index (χ1n) is 7.94. The van der Waals surface area contributed by atoms with E-state index in [4.69, 9.17) is 17.3 Å². The van der Waals surface area contributed by atoms with Gasteiger partial charge in [0, 0.05) is 16.8 Å². The zero-order valence-electron chi connectivity index (χ0n) is 14.0. The van der Waals surface area contributed by atoms with Gasteiger partial charge >= 0.3 is 6.18 Å². The molecule has 0 aliphatic rings. The molecule has 3 N–H and O–H groups in total. The fraction of sp³-hybridized carbons (Fsp3) is 0.0556. The second kappa shape index (κ2) is 6.38. The minimum Gasteiger partial charge on any atom is -0.366 e. The lowest BCUT2D eigenvalue weighted by Gasteiger charge is -2.10. The molecular formula is C18H11ClF3N5O. The van der Waals surface area contributed by atoms with E-state index in [-0.39, 0.29) is 21.8 Å². The molecule has 3 heterocycles. The Morgan fingerprint density at radius 1 is 1.21 bits per heavy atom. The fourth-order valence-corrected chi connectivity index (χ4v) is 3.17. The first kappa shape index (κ1) is 18.1. The fourth-order valence-electron chi connectivity index (χ4n) is 2.96. The highest BCUT2D eigenvalue weighted by Gasteiger charge is 2.31. The Labute approximate surface area is 160 Å². The largest absolute Gasteiger partial charge is 0.416 e. The van der Waals surface area contributed by atoms with Crippen LogP contribution in [-0.4, -0.2) is 25.5 Å². The van der Waals surface area contributed by atoms with Crippen molar-refractivity contribution in [3.63, 3.8) is 0 Å². The first-order chi connectivity index (χ1) is 13.3. The molecule has 28 heavy (non-hydrogen) atoms. The maximum absolute atomic E-state index is 13.1. The third-order valence-corrected chi connectivity index (χ3v) is 4.56. The molecule has 1 amide bonds. The number of fused-ring (bicyclic) bond motifs is 1. The Morgan fingerprint density at radius 2 is 2.00 bits per heavy atom. The Kier molecular flexibility index (Phi) is 4.11. The summed E-state index contributed by atoms with van der Waals surface area (Å²) in [5.74, 6) is -0.813. The summed E-state index contributed by atoms with van der Waals surface area (Å²) in [5.41, 5.74) is 6.14. The number of H-pyrrole nitrogens is 1. The number of nitrogens with one attached hydrogen (secondary N) is 1. The van der Waals surface area contributed by atoms with E-state index in [1.165, 1.54) is 12.4 Å². The number of alkyl halides is 3. The average Bonchev–Trinajstić information content (AvgIpc) is 3.28. The molecule has 0 radical (unpaired) electrons. The summed E-state index contributed by atoms with van der Waals surface area (Å²) in [7, 11) is 0. The van der Waals surface area contributed by atoms with E-state index in [0.717, 1.165) is 18.2 Å². The first-order valence-corrected chi connectivity index (χ1v) is 8.32. The van der Waals surface area contributed by atoms with Crippen molar-refractivity contribution in [2.45, 2.75) is 6.18 Å². The number of aromatic nitrogens is 4. The quantitative estimate of drug-likeness (QED) is 0.536. The monoisotopic (exact) mass is 405 g/mol. The highest BCUT2D eigenvalue weighted by molar-refractivity contribution is 6.33. The zero-order valence-corrected chi connectivity index (χ0v) is 14.7. The van der Waals surface area contributed by atoms with Gasteiger partial charge < -0.3 is 10.7 Å². The van der Waals surface area contributed by atoms with E-state index in [2.05, 4.69) is 15.1 Å². The molecule has 0 unspecified atom stereocenters. The summed E-state index contributed by atoms with van der Waals surface area (Å²) in [6.07, 6.45) is -1.53. The molecule has 10 heteroatoms. The molecule has 0 saturated heterocycles. The number of benzene rings is 1. The molecule has 0 spiro atoms. The highest BCUT2D eigenvalue weighted by atomic mass is 35.5. The van der Waals surface area contributed by atoms with Crippen LogP contribution in [0.1, 0.15) is 15.9 Å². The van der Waals surface area contributed by atoms with E-state index in [0.29, 0.717) is 16.9 Å². The van der Waals surface area contributed by atoms with Gasteiger partial charge in [-0.2, -0.15) is 18.3 Å². The van der Waals surface area contributed by atoms with Crippen molar-refractivity contribution in [3.05, 3.63) is 65.1 Å². The topological polar surface area (TPSA) is 89.1 Å². The number of aromatic amines is 1. The van der Waals surface area contributed by atoms with Crippen LogP contribution in [0.2, 0.25) is 5.02 Å². The molecule has 0 saturated carbocycles. The summed E-state index contributed by atoms with van der Waals surface area (Å²) in [6.45, 7) is 0. The third kappa shape index (κ3) is 2.99. The smallest absolute Gasteiger partial charge is 0.366 e. The molecule has 0 aliphatic heterocycles. The summed E-state index contributed by atoms with van der Waals surface area (Å²) >= 11 is 6.12. The van der Waals surface area contributed by atoms with Crippen molar-refractivity contribution in [3.8, 4) is 22.6 Å². The number of amides is 1. The van der Waals surface area contributed by atoms with Crippen molar-refractivity contribution in [1.82, 2.24) is 19.6 Å². The summed E-state index contributed by atoms with van der Waals surface area (Å²) in [6, 6.07) is 7.82. The molecule has 3 aromatic heterocycles. The van der Waals surface area contributed by atoms with Gasteiger partial charge in [-0.15, -0.1) is 0 Å². The highest BCUT2D eigenvalue weighted by Crippen LogP contribution is 2.38. The standard InChI is InChI=1S/C18H11ClF3N5O/c19-12-4-3-9(18(20,21)22)6-10(12)15-11(17(23)28)7-13(26-15)16-14-2-1-5-27(14)25-8-24-16/h1-8,26H,(H2,23,28). The number of hydrogen-bond acceptors (Lipinski definition) is 3. The lowest BCUT2D eigenvalue weighted by molar-refractivity contribution is -0.137. The molecule has 1 aromatic carbocycles. The Morgan fingerprint density at radius 3 is 2.71 bits per heavy atom. The maximum atomic E-state index is 13.1. The predicted molar refractivity (Wildman–Crippen MR) is 96.7 cm³/mol. The predicted octanol–water partition coefficient (Wildman–Crippen LogP) is 4.16. The molecule has 0 bridgehead atoms. The van der Waals surface area contributed by atoms with Crippen LogP contribution < -0.4 is 5.73 Å². The van der Waals surface area contributed by atoms with Crippen LogP contribution in [0.25, 0.3) is 28.2 Å². The zero-order chi connectivity index (χ0) is 20.1. The number of nitrogens with two attached hydrogens (primary N) is 1. The Bertz CT molecular complexity index is 1210. The van der Waals surface area contributed by atoms with E-state index in [1.54, 1.807) is 22.8 Å². The van der Waals surface area contributed by atoms with Crippen molar-refractivity contribution >= 4 is 23.0 Å². The van der Waals surface area contributed by atoms with Gasteiger partial charge in [0.1, 0.15) is 12.0 Å². The van der Waals surface area contributed by atoms with Gasteiger partial charge in [0.25, 0.3) is 5.91 Å². The van der Waals surface area contributed by atoms with Crippen molar-refractivity contribution in [2.75, 3.05) is 0 Å². The summed E-state index contributed by atoms with van der Waals surface area (Å²) in [4.78, 5) is 19.1. The van der Waals surface area contributed by atoms with Gasteiger partial charge in [-0.1, -0.05) is 11.6 Å². The van der Waals surface area contributed by atoms with Crippen molar-refractivity contribution in [1.29, 1.82) is 0 Å². The summed E-state index contributed by atoms with van der Waals surface area (Å²) in [5, 5.41) is 4.10. The normalized spacial score (nSPS) is 11.9. The van der Waals surface area contributed by atoms with Crippen molar-refractivity contribution < 1.29 is 18.0 Å². The molecule has 0 fully saturated rings. The lowest BCUT2D eigenvalue weighted by atomic mass is 10.0. The number of carbonyl (C=O) groups excluding carboxylic acids is 1. The summed E-state index contributed by atoms with van der Waals surface area (Å²) < 4.78 is 40.9. The van der Waals surface area contributed by atoms with E-state index in [9.17, 15) is 18.0 Å². The molecule has 0 aliphatic carbocycles. The third-order valence-electron chi connectivity index (χ3n) is 4.23. The molecule has 4 aromatic rings. The lowest BCUT2D eigenvalue weighted by Crippen LogP contribution is -2.11. The number of rotatable bonds is 3. The van der Waals surface area contributed by atoms with Crippen LogP contribution in [0.15, 0.2) is 48.9 Å². The van der Waals surface area contributed by atoms with Gasteiger partial charge in [-0.25, -0.2) is 9.50 Å². The molecule has 0 atom stereocenters. The van der Waals surface area contributed by atoms with Crippen LogP contribution in [0.5, 0.6) is 0 Å². The molecular weight excluding hydrogens is 395 g/mol. The number of halogens is 4. The number of carbonyl (C=O) groups is 1. The molecule has 6 nitrogen and oxygen atoms in total. The average molecular weight is 406 g/mol. The van der Waals surface area contributed by atoms with Gasteiger partial charge in [0.15, 0.2) is 0 Å². The van der Waals surface area contributed by atoms with Gasteiger partial charge in [0.2, 0.25) is 0 Å². The SMILES string of the molecule is NC(=O)c1cc(-c2ncnn3cccc23)[nH]c1-c1cc(C(F)(F)F)ccc1Cl. The molecule has 142 valence electrons. The number of hydrogen-bond donors (Lipinski definition) is 2. The van der Waals surface area contributed by atoms with Crippen LogP contribution in [0.4, 0.5) is 13.2 Å². The van der Waals surface area contributed by atoms with Gasteiger partial charge in [0.05, 0.1) is 28.0 Å². The van der Waals surface area contributed by atoms with E-state index >= 15 is 0 Å². The minimum absolute atomic E-state index is 0.000423. The van der Waals surface area contributed by atoms with Crippen LogP contribution >= 0.6 is 11.6 Å². The van der Waals surface area contributed by atoms with E-state index in [1.807, 2.05) is 0 Å². The van der Waals surface area contributed by atoms with Crippen LogP contribution in [-0.2, 0) is 6.18 Å². The maximum Gasteiger partial charge on any atom is 0.416 e. The van der Waals surface area contributed by atoms with Crippen LogP contribution in [0.3, 0.4) is 0 Å². The minimum atomic E-state index is -4.56. The number of primary amides is 1. The second-order valence-electron chi connectivity index (χ2n) is 5.97. The van der Waals surface area contributed by atoms with E-state index < -0.39 is 17.6 Å². The second-order valence-corrected chi connectivity index (χ2v) is 6.38. The van der Waals surface area contributed by atoms with Crippen LogP contribution in [0, 0.1) is 0 Å². The van der Waals surface area contributed by atoms with Gasteiger partial charge in [-0.3, -0.25) is 4.79 Å². The number of nitrogens with zero attached hydrogens (tertiary/aromatic N) is 3. The Balaban J connectivity index is 1.94. The molecule has 4 rings (SSSR count).